The molecule has 0 fully saturated rings. The number of aromatic nitrogens is 2. The topological polar surface area (TPSA) is 105 Å². The number of imidazole rings is 1. The number of rotatable bonds is 1. The summed E-state index contributed by atoms with van der Waals surface area (Å²) >= 11 is 0. The van der Waals surface area contributed by atoms with Gasteiger partial charge in [0.25, 0.3) is 0 Å². The molecule has 0 unspecified atom stereocenters. The molecule has 0 radical (unpaired) electrons. The Bertz CT molecular complexity index is 272. The molecule has 0 aliphatic rings. The average Bonchev–Trinajstić information content (AvgIpc) is 2.10. The van der Waals surface area contributed by atoms with Crippen molar-refractivity contribution in [2.75, 3.05) is 0 Å². The van der Waals surface area contributed by atoms with Crippen molar-refractivity contribution in [3.8, 4) is 5.88 Å². The Labute approximate surface area is 49.1 Å². The van der Waals surface area contributed by atoms with E-state index >= 15 is 0 Å². The van der Waals surface area contributed by atoms with Gasteiger partial charge in [-0.1, -0.05) is 0 Å². The second-order valence-corrected chi connectivity index (χ2v) is 1.39. The summed E-state index contributed by atoms with van der Waals surface area (Å²) in [5.74, 6) is -0.560. The van der Waals surface area contributed by atoms with Gasteiger partial charge in [-0.25, -0.2) is 10.3 Å². The van der Waals surface area contributed by atoms with Crippen molar-refractivity contribution < 1.29 is 5.11 Å². The van der Waals surface area contributed by atoms with Crippen LogP contribution in [-0.2, 0) is 0 Å². The molecule has 0 aliphatic carbocycles. The second kappa shape index (κ2) is 1.73. The minimum atomic E-state index is -0.571. The van der Waals surface area contributed by atoms with E-state index in [4.69, 9.17) is 10.6 Å². The van der Waals surface area contributed by atoms with Gasteiger partial charge in [0.15, 0.2) is 0 Å². The fraction of sp³-hybridized carbons (Fsp3) is 0. The van der Waals surface area contributed by atoms with Crippen LogP contribution in [0.3, 0.4) is 0 Å². The van der Waals surface area contributed by atoms with Gasteiger partial charge in [-0.15, -0.1) is 5.11 Å². The van der Waals surface area contributed by atoms with Crippen molar-refractivity contribution in [3.05, 3.63) is 10.5 Å². The quantitative estimate of drug-likeness (QED) is 0.402. The zero-order chi connectivity index (χ0) is 6.85. The molecule has 0 atom stereocenters. The summed E-state index contributed by atoms with van der Waals surface area (Å²) in [7, 11) is 0. The van der Waals surface area contributed by atoms with Crippen LogP contribution in [0.2, 0.25) is 0 Å². The van der Waals surface area contributed by atoms with E-state index in [0.717, 1.165) is 0 Å². The van der Waals surface area contributed by atoms with Crippen LogP contribution >= 0.6 is 0 Å². The molecule has 1 heterocycles. The van der Waals surface area contributed by atoms with Crippen LogP contribution in [0.1, 0.15) is 0 Å². The highest BCUT2D eigenvalue weighted by Gasteiger charge is 2.00. The van der Waals surface area contributed by atoms with Gasteiger partial charge in [0.05, 0.1) is 0 Å². The molecule has 0 aromatic carbocycles. The van der Waals surface area contributed by atoms with E-state index in [-0.39, 0.29) is 5.82 Å². The van der Waals surface area contributed by atoms with E-state index in [1.165, 1.54) is 0 Å². The van der Waals surface area contributed by atoms with Crippen LogP contribution in [-0.4, -0.2) is 15.1 Å². The van der Waals surface area contributed by atoms with E-state index < -0.39 is 11.6 Å². The maximum Gasteiger partial charge on any atom is 0.327 e. The van der Waals surface area contributed by atoms with E-state index in [2.05, 4.69) is 10.1 Å². The van der Waals surface area contributed by atoms with Crippen molar-refractivity contribution in [1.29, 1.82) is 5.53 Å². The molecule has 0 spiro atoms. The minimum Gasteiger partial charge on any atom is -0.492 e. The molecule has 1 rings (SSSR count). The monoisotopic (exact) mass is 128 g/mol. The van der Waals surface area contributed by atoms with Crippen LogP contribution in [0.25, 0.3) is 0 Å². The first-order valence-corrected chi connectivity index (χ1v) is 2.12. The molecular weight excluding hydrogens is 124 g/mol. The highest BCUT2D eigenvalue weighted by Crippen LogP contribution is 2.15. The average molecular weight is 128 g/mol. The minimum absolute atomic E-state index is 0.153. The van der Waals surface area contributed by atoms with E-state index in [1.54, 1.807) is 0 Å². The molecule has 1 aromatic heterocycles. The third-order valence-corrected chi connectivity index (χ3v) is 0.800. The van der Waals surface area contributed by atoms with Crippen molar-refractivity contribution >= 4 is 5.82 Å². The lowest BCUT2D eigenvalue weighted by molar-refractivity contribution is 0.456. The van der Waals surface area contributed by atoms with Crippen molar-refractivity contribution in [2.24, 2.45) is 5.11 Å². The summed E-state index contributed by atoms with van der Waals surface area (Å²) in [6, 6.07) is 0. The maximum absolute atomic E-state index is 10.3. The first kappa shape index (κ1) is 5.54. The van der Waals surface area contributed by atoms with Gasteiger partial charge >= 0.3 is 5.69 Å². The van der Waals surface area contributed by atoms with Gasteiger partial charge in [0.2, 0.25) is 11.7 Å². The summed E-state index contributed by atoms with van der Waals surface area (Å²) in [4.78, 5) is 14.3. The molecule has 48 valence electrons. The number of aromatic amines is 2. The smallest absolute Gasteiger partial charge is 0.327 e. The number of hydrogen-bond donors (Lipinski definition) is 4. The Morgan fingerprint density at radius 3 is 2.44 bits per heavy atom. The SMILES string of the molecule is N=Nc1[nH]c(=O)[nH]c1O. The van der Waals surface area contributed by atoms with Gasteiger partial charge in [0, 0.05) is 0 Å². The van der Waals surface area contributed by atoms with Crippen molar-refractivity contribution in [1.82, 2.24) is 9.97 Å². The molecule has 0 saturated carbocycles. The second-order valence-electron chi connectivity index (χ2n) is 1.39. The predicted octanol–water partition coefficient (Wildman–Crippen LogP) is 0.0711. The Balaban J connectivity index is 3.31. The first-order chi connectivity index (χ1) is 4.24. The molecule has 0 bridgehead atoms. The lowest BCUT2D eigenvalue weighted by atomic mass is 10.7. The molecule has 0 aliphatic heterocycles. The predicted molar refractivity (Wildman–Crippen MR) is 27.9 cm³/mol. The fourth-order valence-corrected chi connectivity index (χ4v) is 0.446. The van der Waals surface area contributed by atoms with Gasteiger partial charge in [-0.2, -0.15) is 0 Å². The van der Waals surface area contributed by atoms with Crippen molar-refractivity contribution in [2.45, 2.75) is 0 Å². The fourth-order valence-electron chi connectivity index (χ4n) is 0.446. The lowest BCUT2D eigenvalue weighted by Gasteiger charge is -1.79. The lowest BCUT2D eigenvalue weighted by Crippen LogP contribution is -1.99. The number of hydrogen-bond acceptors (Lipinski definition) is 4. The van der Waals surface area contributed by atoms with Crippen LogP contribution in [0, 0.1) is 5.53 Å². The summed E-state index contributed by atoms with van der Waals surface area (Å²) < 4.78 is 0. The summed E-state index contributed by atoms with van der Waals surface area (Å²) in [5.41, 5.74) is 5.80. The number of aromatic hydroxyl groups is 1. The zero-order valence-electron chi connectivity index (χ0n) is 4.30. The van der Waals surface area contributed by atoms with Crippen LogP contribution in [0.4, 0.5) is 5.82 Å². The molecule has 4 N–H and O–H groups in total. The van der Waals surface area contributed by atoms with E-state index in [0.29, 0.717) is 0 Å². The molecule has 0 saturated heterocycles. The summed E-state index contributed by atoms with van der Waals surface area (Å²) in [6.45, 7) is 0. The Kier molecular flexibility index (Phi) is 1.07. The largest absolute Gasteiger partial charge is 0.492 e. The molecule has 1 aromatic rings. The number of nitrogens with one attached hydrogen (secondary N) is 3. The molecular formula is C3H4N4O2. The van der Waals surface area contributed by atoms with Crippen LogP contribution < -0.4 is 5.69 Å². The molecule has 0 amide bonds. The molecule has 6 heteroatoms. The number of H-pyrrole nitrogens is 2. The highest BCUT2D eigenvalue weighted by atomic mass is 16.3. The van der Waals surface area contributed by atoms with Gasteiger partial charge in [-0.3, -0.25) is 9.97 Å². The zero-order valence-corrected chi connectivity index (χ0v) is 4.30. The maximum atomic E-state index is 10.3. The Morgan fingerprint density at radius 1 is 1.56 bits per heavy atom. The summed E-state index contributed by atoms with van der Waals surface area (Å²) in [5, 5.41) is 11.4. The Hall–Kier alpha value is -1.59. The van der Waals surface area contributed by atoms with Gasteiger partial charge < -0.3 is 5.11 Å². The Morgan fingerprint density at radius 2 is 2.22 bits per heavy atom. The van der Waals surface area contributed by atoms with Gasteiger partial charge in [-0.05, 0) is 0 Å². The molecule has 9 heavy (non-hydrogen) atoms. The number of nitrogens with zero attached hydrogens (tertiary/aromatic N) is 1. The molecule has 6 nitrogen and oxygen atoms in total. The normalized spacial score (nSPS) is 9.33. The first-order valence-electron chi connectivity index (χ1n) is 2.12. The van der Waals surface area contributed by atoms with Crippen LogP contribution in [0.5, 0.6) is 5.88 Å². The third kappa shape index (κ3) is 0.809. The standard InChI is InChI=1S/C3H4N4O2/c4-7-1-2(8)6-3(9)5-1/h4,8H,(H2,5,6,9). The van der Waals surface area contributed by atoms with Crippen molar-refractivity contribution in [3.63, 3.8) is 0 Å². The van der Waals surface area contributed by atoms with E-state index in [1.807, 2.05) is 4.98 Å². The highest BCUT2D eigenvalue weighted by molar-refractivity contribution is 5.36. The van der Waals surface area contributed by atoms with Crippen LogP contribution in [0.15, 0.2) is 9.91 Å². The van der Waals surface area contributed by atoms with E-state index in [9.17, 15) is 4.79 Å². The summed E-state index contributed by atoms with van der Waals surface area (Å²) in [6.07, 6.45) is 0. The third-order valence-electron chi connectivity index (χ3n) is 0.800. The van der Waals surface area contributed by atoms with Gasteiger partial charge in [0.1, 0.15) is 0 Å².